The zero-order chi connectivity index (χ0) is 17.1. The first kappa shape index (κ1) is 16.7. The van der Waals surface area contributed by atoms with Crippen molar-refractivity contribution in [1.82, 2.24) is 15.1 Å². The number of hydrogen-bond donors (Lipinski definition) is 1. The van der Waals surface area contributed by atoms with E-state index in [-0.39, 0.29) is 11.9 Å². The summed E-state index contributed by atoms with van der Waals surface area (Å²) in [7, 11) is 1.90. The molecule has 2 heterocycles. The molecule has 4 nitrogen and oxygen atoms in total. The Balaban J connectivity index is 1.81. The molecule has 126 valence electrons. The van der Waals surface area contributed by atoms with E-state index >= 15 is 0 Å². The number of hydrogen-bond acceptors (Lipinski definition) is 3. The van der Waals surface area contributed by atoms with Gasteiger partial charge in [-0.25, -0.2) is 4.39 Å². The van der Waals surface area contributed by atoms with Crippen molar-refractivity contribution in [1.29, 1.82) is 0 Å². The molecule has 3 aromatic rings. The summed E-state index contributed by atoms with van der Waals surface area (Å²) in [4.78, 5) is 0. The van der Waals surface area contributed by atoms with Crippen molar-refractivity contribution >= 4 is 11.6 Å². The molecule has 0 aliphatic carbocycles. The van der Waals surface area contributed by atoms with Crippen LogP contribution >= 0.6 is 11.6 Å². The molecule has 1 unspecified atom stereocenters. The minimum absolute atomic E-state index is 0.186. The van der Waals surface area contributed by atoms with Gasteiger partial charge in [-0.05, 0) is 37.6 Å². The van der Waals surface area contributed by atoms with Gasteiger partial charge in [-0.15, -0.1) is 0 Å². The van der Waals surface area contributed by atoms with Crippen LogP contribution in [0.2, 0.25) is 5.02 Å². The van der Waals surface area contributed by atoms with Crippen LogP contribution in [0.5, 0.6) is 0 Å². The molecule has 2 aromatic heterocycles. The second-order valence-corrected chi connectivity index (χ2v) is 6.14. The van der Waals surface area contributed by atoms with E-state index in [0.29, 0.717) is 23.6 Å². The molecular weight excluding hydrogens is 329 g/mol. The lowest BCUT2D eigenvalue weighted by Crippen LogP contribution is -2.23. The first-order valence-electron chi connectivity index (χ1n) is 7.73. The van der Waals surface area contributed by atoms with Gasteiger partial charge >= 0.3 is 0 Å². The predicted molar refractivity (Wildman–Crippen MR) is 91.3 cm³/mol. The number of aromatic nitrogens is 2. The molecule has 0 bridgehead atoms. The maximum absolute atomic E-state index is 14.1. The zero-order valence-corrected chi connectivity index (χ0v) is 14.3. The molecule has 0 radical (unpaired) electrons. The number of halogens is 2. The topological polar surface area (TPSA) is 43.0 Å². The van der Waals surface area contributed by atoms with E-state index in [4.69, 9.17) is 16.0 Å². The summed E-state index contributed by atoms with van der Waals surface area (Å²) in [5.74, 6) is 0.439. The molecule has 3 rings (SSSR count). The van der Waals surface area contributed by atoms with E-state index in [1.807, 2.05) is 37.0 Å². The quantitative estimate of drug-likeness (QED) is 0.727. The molecule has 1 atom stereocenters. The van der Waals surface area contributed by atoms with Crippen molar-refractivity contribution in [3.8, 4) is 0 Å². The fourth-order valence-electron chi connectivity index (χ4n) is 2.65. The van der Waals surface area contributed by atoms with Crippen molar-refractivity contribution in [2.75, 3.05) is 0 Å². The maximum atomic E-state index is 14.1. The maximum Gasteiger partial charge on any atom is 0.127 e. The van der Waals surface area contributed by atoms with Gasteiger partial charge in [0, 0.05) is 35.4 Å². The van der Waals surface area contributed by atoms with Crippen LogP contribution in [0.3, 0.4) is 0 Å². The third-order valence-electron chi connectivity index (χ3n) is 4.23. The Hall–Kier alpha value is -2.11. The lowest BCUT2D eigenvalue weighted by molar-refractivity contribution is 0.405. The van der Waals surface area contributed by atoms with E-state index < -0.39 is 0 Å². The van der Waals surface area contributed by atoms with E-state index in [1.54, 1.807) is 18.4 Å². The van der Waals surface area contributed by atoms with Gasteiger partial charge in [-0.2, -0.15) is 5.10 Å². The number of nitrogens with one attached hydrogen (secondary N) is 1. The fourth-order valence-corrected chi connectivity index (χ4v) is 2.89. The molecule has 24 heavy (non-hydrogen) atoms. The Morgan fingerprint density at radius 1 is 1.33 bits per heavy atom. The molecule has 0 spiro atoms. The lowest BCUT2D eigenvalue weighted by atomic mass is 10.0. The Bertz CT molecular complexity index is 794. The molecule has 6 heteroatoms. The first-order chi connectivity index (χ1) is 11.6. The van der Waals surface area contributed by atoms with Crippen LogP contribution in [0.4, 0.5) is 4.39 Å². The van der Waals surface area contributed by atoms with Gasteiger partial charge in [0.25, 0.3) is 0 Å². The molecular formula is C18H19ClFN3O. The molecule has 0 saturated carbocycles. The van der Waals surface area contributed by atoms with Crippen molar-refractivity contribution in [2.45, 2.75) is 25.9 Å². The second-order valence-electron chi connectivity index (χ2n) is 5.73. The predicted octanol–water partition coefficient (Wildman–Crippen LogP) is 4.19. The molecule has 0 amide bonds. The summed E-state index contributed by atoms with van der Waals surface area (Å²) in [6.07, 6.45) is 3.85. The normalized spacial score (nSPS) is 12.5. The highest BCUT2D eigenvalue weighted by Crippen LogP contribution is 2.26. The first-order valence-corrected chi connectivity index (χ1v) is 8.11. The van der Waals surface area contributed by atoms with Crippen LogP contribution in [0.1, 0.15) is 28.6 Å². The second kappa shape index (κ2) is 7.20. The van der Waals surface area contributed by atoms with Gasteiger partial charge in [0.2, 0.25) is 0 Å². The van der Waals surface area contributed by atoms with E-state index in [9.17, 15) is 4.39 Å². The highest BCUT2D eigenvalue weighted by Gasteiger charge is 2.19. The highest BCUT2D eigenvalue weighted by molar-refractivity contribution is 6.31. The number of benzene rings is 1. The number of nitrogens with zero attached hydrogens (tertiary/aromatic N) is 2. The number of aryl methyl sites for hydroxylation is 1. The Morgan fingerprint density at radius 2 is 2.17 bits per heavy atom. The Morgan fingerprint density at radius 3 is 2.79 bits per heavy atom. The molecule has 1 N–H and O–H groups in total. The summed E-state index contributed by atoms with van der Waals surface area (Å²) in [5, 5.41) is 8.09. The standard InChI is InChI=1S/C18H19ClFN3O/c1-12-13(11-22-23(12)2)10-21-17(18-7-4-8-24-18)9-14-15(19)5-3-6-16(14)20/h3-8,11,17,21H,9-10H2,1-2H3. The van der Waals surface area contributed by atoms with Crippen LogP contribution in [0, 0.1) is 12.7 Å². The fraction of sp³-hybridized carbons (Fsp3) is 0.278. The lowest BCUT2D eigenvalue weighted by Gasteiger charge is -2.18. The highest BCUT2D eigenvalue weighted by atomic mass is 35.5. The molecule has 0 saturated heterocycles. The van der Waals surface area contributed by atoms with Gasteiger partial charge in [-0.3, -0.25) is 4.68 Å². The van der Waals surface area contributed by atoms with Crippen LogP contribution in [0.25, 0.3) is 0 Å². The zero-order valence-electron chi connectivity index (χ0n) is 13.6. The van der Waals surface area contributed by atoms with Crippen LogP contribution in [-0.4, -0.2) is 9.78 Å². The minimum atomic E-state index is -0.307. The Labute approximate surface area is 145 Å². The van der Waals surface area contributed by atoms with Gasteiger partial charge in [0.15, 0.2) is 0 Å². The van der Waals surface area contributed by atoms with Crippen molar-refractivity contribution in [3.05, 3.63) is 76.2 Å². The summed E-state index contributed by atoms with van der Waals surface area (Å²) in [6.45, 7) is 2.62. The van der Waals surface area contributed by atoms with Crippen molar-refractivity contribution < 1.29 is 8.81 Å². The largest absolute Gasteiger partial charge is 0.468 e. The molecule has 0 fully saturated rings. The average molecular weight is 348 g/mol. The van der Waals surface area contributed by atoms with Crippen LogP contribution in [-0.2, 0) is 20.0 Å². The number of furan rings is 1. The molecule has 1 aromatic carbocycles. The minimum Gasteiger partial charge on any atom is -0.468 e. The van der Waals surface area contributed by atoms with Gasteiger partial charge in [-0.1, -0.05) is 17.7 Å². The van der Waals surface area contributed by atoms with E-state index in [1.165, 1.54) is 6.07 Å². The van der Waals surface area contributed by atoms with Gasteiger partial charge in [0.1, 0.15) is 11.6 Å². The van der Waals surface area contributed by atoms with E-state index in [2.05, 4.69) is 10.4 Å². The van der Waals surface area contributed by atoms with Gasteiger partial charge in [0.05, 0.1) is 18.5 Å². The Kier molecular flexibility index (Phi) is 5.02. The van der Waals surface area contributed by atoms with Crippen LogP contribution < -0.4 is 5.32 Å². The van der Waals surface area contributed by atoms with Crippen LogP contribution in [0.15, 0.2) is 47.2 Å². The monoisotopic (exact) mass is 347 g/mol. The van der Waals surface area contributed by atoms with Crippen molar-refractivity contribution in [2.24, 2.45) is 7.05 Å². The smallest absolute Gasteiger partial charge is 0.127 e. The summed E-state index contributed by atoms with van der Waals surface area (Å²) in [6, 6.07) is 8.24. The molecule has 0 aliphatic heterocycles. The van der Waals surface area contributed by atoms with E-state index in [0.717, 1.165) is 17.0 Å². The average Bonchev–Trinajstić information content (AvgIpc) is 3.19. The van der Waals surface area contributed by atoms with Crippen molar-refractivity contribution in [3.63, 3.8) is 0 Å². The summed E-state index contributed by atoms with van der Waals surface area (Å²) in [5.41, 5.74) is 2.66. The summed E-state index contributed by atoms with van der Waals surface area (Å²) >= 11 is 6.17. The third kappa shape index (κ3) is 3.52. The SMILES string of the molecule is Cc1c(CNC(Cc2c(F)cccc2Cl)c2ccco2)cnn1C. The molecule has 0 aliphatic rings. The van der Waals surface area contributed by atoms with Gasteiger partial charge < -0.3 is 9.73 Å². The number of rotatable bonds is 6. The third-order valence-corrected chi connectivity index (χ3v) is 4.59. The summed E-state index contributed by atoms with van der Waals surface area (Å²) < 4.78 is 21.5.